The summed E-state index contributed by atoms with van der Waals surface area (Å²) in [4.78, 5) is 12.3. The van der Waals surface area contributed by atoms with Gasteiger partial charge in [0.25, 0.3) is 0 Å². The fourth-order valence-electron chi connectivity index (χ4n) is 2.38. The lowest BCUT2D eigenvalue weighted by Gasteiger charge is -2.19. The fraction of sp³-hybridized carbons (Fsp3) is 0.545. The van der Waals surface area contributed by atoms with Crippen molar-refractivity contribution in [1.29, 1.82) is 0 Å². The van der Waals surface area contributed by atoms with Crippen LogP contribution in [0.15, 0.2) is 12.7 Å². The maximum Gasteiger partial charge on any atom is 0.167 e. The summed E-state index contributed by atoms with van der Waals surface area (Å²) in [6.45, 7) is 0. The van der Waals surface area contributed by atoms with E-state index in [4.69, 9.17) is 15.2 Å². The van der Waals surface area contributed by atoms with Crippen molar-refractivity contribution in [3.8, 4) is 0 Å². The van der Waals surface area contributed by atoms with Crippen LogP contribution in [0.25, 0.3) is 11.2 Å². The van der Waals surface area contributed by atoms with Crippen molar-refractivity contribution in [2.24, 2.45) is 0 Å². The molecule has 1 aliphatic rings. The van der Waals surface area contributed by atoms with Crippen LogP contribution in [0.1, 0.15) is 6.23 Å². The SMILES string of the molecule is COC1C(O)[C@@H](CI)O[C@H]1n1cnc2c(N)ncnc21. The number of ether oxygens (including phenoxy) is 2. The molecule has 2 aromatic rings. The van der Waals surface area contributed by atoms with Crippen molar-refractivity contribution in [3.05, 3.63) is 12.7 Å². The second-order valence-corrected chi connectivity index (χ2v) is 5.37. The number of alkyl halides is 1. The Labute approximate surface area is 128 Å². The van der Waals surface area contributed by atoms with Crippen molar-refractivity contribution >= 4 is 39.6 Å². The van der Waals surface area contributed by atoms with E-state index in [0.29, 0.717) is 21.4 Å². The van der Waals surface area contributed by atoms with Crippen LogP contribution < -0.4 is 5.73 Å². The fourth-order valence-corrected chi connectivity index (χ4v) is 3.11. The largest absolute Gasteiger partial charge is 0.387 e. The molecule has 9 heteroatoms. The first-order valence-corrected chi connectivity index (χ1v) is 7.55. The molecule has 3 rings (SSSR count). The predicted octanol–water partition coefficient (Wildman–Crippen LogP) is 0.117. The molecule has 1 fully saturated rings. The first kappa shape index (κ1) is 13.9. The molecule has 0 aliphatic carbocycles. The maximum atomic E-state index is 10.2. The van der Waals surface area contributed by atoms with Crippen molar-refractivity contribution in [1.82, 2.24) is 19.5 Å². The lowest BCUT2D eigenvalue weighted by Crippen LogP contribution is -2.33. The topological polar surface area (TPSA) is 108 Å². The van der Waals surface area contributed by atoms with Crippen molar-refractivity contribution in [3.63, 3.8) is 0 Å². The molecule has 1 aliphatic heterocycles. The summed E-state index contributed by atoms with van der Waals surface area (Å²) in [6, 6.07) is 0. The third-order valence-electron chi connectivity index (χ3n) is 3.40. The Balaban J connectivity index is 2.04. The van der Waals surface area contributed by atoms with Crippen molar-refractivity contribution in [2.45, 2.75) is 24.5 Å². The van der Waals surface area contributed by atoms with E-state index in [-0.39, 0.29) is 6.10 Å². The smallest absolute Gasteiger partial charge is 0.167 e. The molecule has 1 saturated heterocycles. The highest BCUT2D eigenvalue weighted by Crippen LogP contribution is 2.34. The van der Waals surface area contributed by atoms with Crippen LogP contribution in [0.2, 0.25) is 0 Å². The van der Waals surface area contributed by atoms with E-state index < -0.39 is 18.4 Å². The van der Waals surface area contributed by atoms with E-state index >= 15 is 0 Å². The summed E-state index contributed by atoms with van der Waals surface area (Å²) in [5, 5.41) is 10.2. The van der Waals surface area contributed by atoms with E-state index in [9.17, 15) is 5.11 Å². The van der Waals surface area contributed by atoms with Gasteiger partial charge in [0, 0.05) is 11.5 Å². The molecular weight excluding hydrogens is 377 g/mol. The van der Waals surface area contributed by atoms with Gasteiger partial charge in [0.2, 0.25) is 0 Å². The second-order valence-electron chi connectivity index (χ2n) is 4.49. The number of hydrogen-bond donors (Lipinski definition) is 2. The number of aliphatic hydroxyl groups is 1. The molecule has 108 valence electrons. The van der Waals surface area contributed by atoms with Gasteiger partial charge in [-0.25, -0.2) is 15.0 Å². The molecule has 2 unspecified atom stereocenters. The molecule has 4 atom stereocenters. The van der Waals surface area contributed by atoms with E-state index in [0.717, 1.165) is 0 Å². The average molecular weight is 391 g/mol. The van der Waals surface area contributed by atoms with E-state index in [1.165, 1.54) is 6.33 Å². The highest BCUT2D eigenvalue weighted by molar-refractivity contribution is 14.1. The molecule has 0 saturated carbocycles. The number of anilines is 1. The highest BCUT2D eigenvalue weighted by Gasteiger charge is 2.45. The normalized spacial score (nSPS) is 30.1. The van der Waals surface area contributed by atoms with E-state index in [2.05, 4.69) is 37.5 Å². The Morgan fingerprint density at radius 1 is 1.50 bits per heavy atom. The zero-order chi connectivity index (χ0) is 14.3. The first-order chi connectivity index (χ1) is 9.67. The van der Waals surface area contributed by atoms with Gasteiger partial charge in [-0.2, -0.15) is 0 Å². The quantitative estimate of drug-likeness (QED) is 0.565. The second kappa shape index (κ2) is 5.39. The predicted molar refractivity (Wildman–Crippen MR) is 79.3 cm³/mol. The monoisotopic (exact) mass is 391 g/mol. The summed E-state index contributed by atoms with van der Waals surface area (Å²) in [6.07, 6.45) is 0.992. The van der Waals surface area contributed by atoms with E-state index in [1.807, 2.05) is 0 Å². The van der Waals surface area contributed by atoms with Gasteiger partial charge in [-0.1, -0.05) is 22.6 Å². The number of fused-ring (bicyclic) bond motifs is 1. The number of nitrogens with two attached hydrogens (primary N) is 1. The Morgan fingerprint density at radius 3 is 3.00 bits per heavy atom. The van der Waals surface area contributed by atoms with Crippen LogP contribution in [0.4, 0.5) is 5.82 Å². The number of aromatic nitrogens is 4. The summed E-state index contributed by atoms with van der Waals surface area (Å²) >= 11 is 2.17. The van der Waals surface area contributed by atoms with Crippen LogP contribution in [-0.4, -0.2) is 54.5 Å². The van der Waals surface area contributed by atoms with Crippen LogP contribution >= 0.6 is 22.6 Å². The summed E-state index contributed by atoms with van der Waals surface area (Å²) in [5.74, 6) is 0.312. The lowest BCUT2D eigenvalue weighted by atomic mass is 10.1. The minimum absolute atomic E-state index is 0.290. The molecule has 3 heterocycles. The highest BCUT2D eigenvalue weighted by atomic mass is 127. The Kier molecular flexibility index (Phi) is 3.75. The lowest BCUT2D eigenvalue weighted by molar-refractivity contribution is -0.0465. The summed E-state index contributed by atoms with van der Waals surface area (Å²) in [7, 11) is 1.54. The molecule has 2 aromatic heterocycles. The summed E-state index contributed by atoms with van der Waals surface area (Å²) in [5.41, 5.74) is 6.84. The molecule has 20 heavy (non-hydrogen) atoms. The van der Waals surface area contributed by atoms with Gasteiger partial charge in [0.1, 0.15) is 24.1 Å². The molecule has 0 amide bonds. The maximum absolute atomic E-state index is 10.2. The van der Waals surface area contributed by atoms with Gasteiger partial charge in [-0.05, 0) is 0 Å². The molecule has 0 spiro atoms. The number of imidazole rings is 1. The number of nitrogens with zero attached hydrogens (tertiary/aromatic N) is 4. The summed E-state index contributed by atoms with van der Waals surface area (Å²) < 4.78 is 13.6. The van der Waals surface area contributed by atoms with E-state index in [1.54, 1.807) is 18.0 Å². The molecular formula is C11H14IN5O3. The number of methoxy groups -OCH3 is 1. The molecule has 0 bridgehead atoms. The molecule has 0 aromatic carbocycles. The minimum Gasteiger partial charge on any atom is -0.387 e. The van der Waals surface area contributed by atoms with Gasteiger partial charge in [0.05, 0.1) is 12.4 Å². The van der Waals surface area contributed by atoms with Gasteiger partial charge < -0.3 is 20.3 Å². The Bertz CT molecular complexity index is 621. The van der Waals surface area contributed by atoms with Gasteiger partial charge >= 0.3 is 0 Å². The zero-order valence-electron chi connectivity index (χ0n) is 10.7. The zero-order valence-corrected chi connectivity index (χ0v) is 12.8. The molecule has 3 N–H and O–H groups in total. The number of halogens is 1. The van der Waals surface area contributed by atoms with Crippen molar-refractivity contribution in [2.75, 3.05) is 17.3 Å². The van der Waals surface area contributed by atoms with Crippen LogP contribution in [-0.2, 0) is 9.47 Å². The Morgan fingerprint density at radius 2 is 2.30 bits per heavy atom. The third kappa shape index (κ3) is 2.05. The van der Waals surface area contributed by atoms with Gasteiger partial charge in [-0.3, -0.25) is 4.57 Å². The number of hydrogen-bond acceptors (Lipinski definition) is 7. The van der Waals surface area contributed by atoms with Crippen LogP contribution in [0.3, 0.4) is 0 Å². The molecule has 0 radical (unpaired) electrons. The third-order valence-corrected chi connectivity index (χ3v) is 4.27. The first-order valence-electron chi connectivity index (χ1n) is 6.02. The number of aliphatic hydroxyl groups excluding tert-OH is 1. The van der Waals surface area contributed by atoms with Gasteiger partial charge in [0.15, 0.2) is 17.7 Å². The van der Waals surface area contributed by atoms with Crippen molar-refractivity contribution < 1.29 is 14.6 Å². The average Bonchev–Trinajstić information content (AvgIpc) is 3.00. The van der Waals surface area contributed by atoms with Gasteiger partial charge in [-0.15, -0.1) is 0 Å². The van der Waals surface area contributed by atoms with Crippen LogP contribution in [0, 0.1) is 0 Å². The molecule has 8 nitrogen and oxygen atoms in total. The minimum atomic E-state index is -0.696. The standard InChI is InChI=1S/C11H14IN5O3/c1-19-8-7(18)5(2-12)20-11(8)17-4-16-6-9(13)14-3-15-10(6)17/h3-5,7-8,11,18H,2H2,1H3,(H2,13,14,15)/t5-,7?,8?,11-/m1/s1. The van der Waals surface area contributed by atoms with Crippen LogP contribution in [0.5, 0.6) is 0 Å². The Hall–Kier alpha value is -1.04. The number of nitrogen functional groups attached to an aromatic ring is 1. The number of rotatable bonds is 3.